The Labute approximate surface area is 94.3 Å². The molecule has 0 saturated heterocycles. The third-order valence-corrected chi connectivity index (χ3v) is 2.05. The number of hydrogen-bond acceptors (Lipinski definition) is 5. The molecule has 92 valence electrons. The molecule has 0 aromatic rings. The molecule has 0 aliphatic carbocycles. The van der Waals surface area contributed by atoms with Crippen LogP contribution < -0.4 is 16.8 Å². The predicted octanol–water partition coefficient (Wildman–Crippen LogP) is -2.51. The quantitative estimate of drug-likeness (QED) is 0.308. The van der Waals surface area contributed by atoms with Crippen LogP contribution in [-0.4, -0.2) is 41.0 Å². The molecule has 0 rings (SSSR count). The standard InChI is InChI=1S/C8H18BN3O4/c1-2-3-6(9(15)16)12-8(14)5(10)4-7(11)13/h5-6,15-16H,2-4,10H2,1H3,(H2,11,13)(H,12,14)/t5-,6-/m0/s1. The van der Waals surface area contributed by atoms with Crippen molar-refractivity contribution in [3.63, 3.8) is 0 Å². The fourth-order valence-electron chi connectivity index (χ4n) is 1.21. The monoisotopic (exact) mass is 231 g/mol. The van der Waals surface area contributed by atoms with Crippen LogP contribution in [0.2, 0.25) is 0 Å². The number of hydrogen-bond donors (Lipinski definition) is 5. The van der Waals surface area contributed by atoms with Crippen LogP contribution in [-0.2, 0) is 9.59 Å². The summed E-state index contributed by atoms with van der Waals surface area (Å²) in [5.41, 5.74) is 10.3. The Morgan fingerprint density at radius 1 is 1.44 bits per heavy atom. The topological polar surface area (TPSA) is 139 Å². The van der Waals surface area contributed by atoms with Crippen LogP contribution in [0.3, 0.4) is 0 Å². The molecule has 0 fully saturated rings. The van der Waals surface area contributed by atoms with Gasteiger partial charge in [-0.1, -0.05) is 13.3 Å². The Morgan fingerprint density at radius 2 is 2.00 bits per heavy atom. The smallest absolute Gasteiger partial charge is 0.426 e. The van der Waals surface area contributed by atoms with Crippen LogP contribution in [0, 0.1) is 0 Å². The van der Waals surface area contributed by atoms with Gasteiger partial charge in [-0.15, -0.1) is 0 Å². The summed E-state index contributed by atoms with van der Waals surface area (Å²) in [6.07, 6.45) is 0.812. The fourth-order valence-corrected chi connectivity index (χ4v) is 1.21. The van der Waals surface area contributed by atoms with E-state index in [1.54, 1.807) is 0 Å². The van der Waals surface area contributed by atoms with Gasteiger partial charge in [0, 0.05) is 0 Å². The number of primary amides is 1. The molecule has 0 aromatic carbocycles. The Kier molecular flexibility index (Phi) is 6.70. The molecule has 16 heavy (non-hydrogen) atoms. The summed E-state index contributed by atoms with van der Waals surface area (Å²) in [5, 5.41) is 20.3. The maximum atomic E-state index is 11.4. The number of carbonyl (C=O) groups excluding carboxylic acids is 2. The van der Waals surface area contributed by atoms with E-state index in [1.807, 2.05) is 6.92 Å². The Balaban J connectivity index is 4.22. The zero-order valence-electron chi connectivity index (χ0n) is 9.22. The lowest BCUT2D eigenvalue weighted by atomic mass is 9.76. The minimum atomic E-state index is -1.65. The summed E-state index contributed by atoms with van der Waals surface area (Å²) in [6, 6.07) is -1.06. The zero-order valence-corrected chi connectivity index (χ0v) is 9.22. The van der Waals surface area contributed by atoms with Crippen molar-refractivity contribution in [1.82, 2.24) is 5.32 Å². The summed E-state index contributed by atoms with van der Waals surface area (Å²) >= 11 is 0. The highest BCUT2D eigenvalue weighted by Gasteiger charge is 2.26. The van der Waals surface area contributed by atoms with E-state index in [9.17, 15) is 9.59 Å². The maximum Gasteiger partial charge on any atom is 0.475 e. The minimum Gasteiger partial charge on any atom is -0.426 e. The number of nitrogens with two attached hydrogens (primary N) is 2. The molecule has 0 heterocycles. The van der Waals surface area contributed by atoms with Crippen molar-refractivity contribution in [2.75, 3.05) is 0 Å². The molecule has 2 atom stereocenters. The molecule has 0 aliphatic rings. The molecule has 0 aromatic heterocycles. The summed E-state index contributed by atoms with van der Waals surface area (Å²) < 4.78 is 0. The van der Waals surface area contributed by atoms with Gasteiger partial charge in [-0.2, -0.15) is 0 Å². The zero-order chi connectivity index (χ0) is 12.7. The first-order valence-corrected chi connectivity index (χ1v) is 5.08. The van der Waals surface area contributed by atoms with Crippen LogP contribution in [0.5, 0.6) is 0 Å². The molecule has 7 nitrogen and oxygen atoms in total. The highest BCUT2D eigenvalue weighted by Crippen LogP contribution is 1.99. The van der Waals surface area contributed by atoms with Crippen LogP contribution >= 0.6 is 0 Å². The lowest BCUT2D eigenvalue weighted by Gasteiger charge is -2.19. The van der Waals surface area contributed by atoms with E-state index < -0.39 is 30.9 Å². The molecule has 8 heteroatoms. The van der Waals surface area contributed by atoms with Crippen LogP contribution in [0.25, 0.3) is 0 Å². The minimum absolute atomic E-state index is 0.272. The molecule has 7 N–H and O–H groups in total. The third kappa shape index (κ3) is 5.69. The first kappa shape index (κ1) is 14.9. The SMILES string of the molecule is CCC[C@H](NC(=O)[C@@H](N)CC(N)=O)B(O)O. The molecule has 0 saturated carbocycles. The largest absolute Gasteiger partial charge is 0.475 e. The van der Waals surface area contributed by atoms with Gasteiger partial charge in [-0.3, -0.25) is 9.59 Å². The predicted molar refractivity (Wildman–Crippen MR) is 58.8 cm³/mol. The van der Waals surface area contributed by atoms with Crippen molar-refractivity contribution in [3.8, 4) is 0 Å². The van der Waals surface area contributed by atoms with Gasteiger partial charge in [0.25, 0.3) is 0 Å². The average molecular weight is 231 g/mol. The molecule has 2 amide bonds. The van der Waals surface area contributed by atoms with Gasteiger partial charge in [0.05, 0.1) is 18.4 Å². The second kappa shape index (κ2) is 7.21. The lowest BCUT2D eigenvalue weighted by Crippen LogP contribution is -2.52. The van der Waals surface area contributed by atoms with Crippen molar-refractivity contribution in [1.29, 1.82) is 0 Å². The molecule has 0 radical (unpaired) electrons. The Bertz CT molecular complexity index is 249. The van der Waals surface area contributed by atoms with Crippen LogP contribution in [0.15, 0.2) is 0 Å². The number of amides is 2. The molecule has 0 unspecified atom stereocenters. The molecule has 0 bridgehead atoms. The van der Waals surface area contributed by atoms with Crippen molar-refractivity contribution in [2.45, 2.75) is 38.2 Å². The number of nitrogens with one attached hydrogen (secondary N) is 1. The van der Waals surface area contributed by atoms with Gasteiger partial charge >= 0.3 is 7.12 Å². The van der Waals surface area contributed by atoms with E-state index in [2.05, 4.69) is 5.32 Å². The molecular formula is C8H18BN3O4. The highest BCUT2D eigenvalue weighted by molar-refractivity contribution is 6.43. The van der Waals surface area contributed by atoms with E-state index in [1.165, 1.54) is 0 Å². The second-order valence-corrected chi connectivity index (χ2v) is 3.59. The van der Waals surface area contributed by atoms with Gasteiger partial charge in [-0.05, 0) is 6.42 Å². The lowest BCUT2D eigenvalue weighted by molar-refractivity contribution is -0.126. The summed E-state index contributed by atoms with van der Waals surface area (Å²) in [5.74, 6) is -2.08. The van der Waals surface area contributed by atoms with Crippen molar-refractivity contribution < 1.29 is 19.6 Å². The van der Waals surface area contributed by atoms with E-state index in [0.717, 1.165) is 0 Å². The van der Waals surface area contributed by atoms with Crippen LogP contribution in [0.4, 0.5) is 0 Å². The number of carbonyl (C=O) groups is 2. The summed E-state index contributed by atoms with van der Waals surface area (Å²) in [4.78, 5) is 21.9. The maximum absolute atomic E-state index is 11.4. The first-order chi connectivity index (χ1) is 7.38. The van der Waals surface area contributed by atoms with E-state index in [-0.39, 0.29) is 6.42 Å². The summed E-state index contributed by atoms with van der Waals surface area (Å²) in [7, 11) is -1.65. The molecular weight excluding hydrogens is 213 g/mol. The normalized spacial score (nSPS) is 14.0. The highest BCUT2D eigenvalue weighted by atomic mass is 16.4. The van der Waals surface area contributed by atoms with Gasteiger partial charge in [0.15, 0.2) is 0 Å². The van der Waals surface area contributed by atoms with Gasteiger partial charge in [0.2, 0.25) is 11.8 Å². The van der Waals surface area contributed by atoms with E-state index in [4.69, 9.17) is 21.5 Å². The third-order valence-electron chi connectivity index (χ3n) is 2.05. The van der Waals surface area contributed by atoms with E-state index in [0.29, 0.717) is 12.8 Å². The van der Waals surface area contributed by atoms with Gasteiger partial charge in [-0.25, -0.2) is 0 Å². The summed E-state index contributed by atoms with van der Waals surface area (Å²) in [6.45, 7) is 1.84. The van der Waals surface area contributed by atoms with Crippen molar-refractivity contribution in [3.05, 3.63) is 0 Å². The van der Waals surface area contributed by atoms with E-state index >= 15 is 0 Å². The number of rotatable bonds is 7. The van der Waals surface area contributed by atoms with Crippen LogP contribution in [0.1, 0.15) is 26.2 Å². The Morgan fingerprint density at radius 3 is 2.38 bits per heavy atom. The second-order valence-electron chi connectivity index (χ2n) is 3.59. The fraction of sp³-hybridized carbons (Fsp3) is 0.750. The average Bonchev–Trinajstić information content (AvgIpc) is 2.15. The van der Waals surface area contributed by atoms with Gasteiger partial charge < -0.3 is 26.8 Å². The Hall–Kier alpha value is -1.12. The van der Waals surface area contributed by atoms with Crippen molar-refractivity contribution in [2.24, 2.45) is 11.5 Å². The molecule has 0 aliphatic heterocycles. The first-order valence-electron chi connectivity index (χ1n) is 5.08. The van der Waals surface area contributed by atoms with Gasteiger partial charge in [0.1, 0.15) is 0 Å². The molecule has 0 spiro atoms. The van der Waals surface area contributed by atoms with Crippen molar-refractivity contribution >= 4 is 18.9 Å².